The minimum absolute atomic E-state index is 0.0858. The summed E-state index contributed by atoms with van der Waals surface area (Å²) in [7, 11) is 0. The van der Waals surface area contributed by atoms with Gasteiger partial charge in [-0.25, -0.2) is 0 Å². The normalized spacial score (nSPS) is 12.3. The second kappa shape index (κ2) is 5.51. The first kappa shape index (κ1) is 16.1. The quantitative estimate of drug-likeness (QED) is 0.573. The van der Waals surface area contributed by atoms with Crippen LogP contribution in [0.4, 0.5) is 22.0 Å². The maximum absolute atomic E-state index is 13.2. The number of halogens is 5. The average molecular weight is 314 g/mol. The molecule has 0 saturated carbocycles. The molecule has 0 fully saturated rings. The summed E-state index contributed by atoms with van der Waals surface area (Å²) in [4.78, 5) is 11.6. The highest BCUT2D eigenvalue weighted by molar-refractivity contribution is 6.04. The first-order valence-corrected chi connectivity index (χ1v) is 6.30. The highest BCUT2D eigenvalue weighted by atomic mass is 19.4. The van der Waals surface area contributed by atoms with Crippen LogP contribution in [0, 0.1) is 6.92 Å². The van der Waals surface area contributed by atoms with Gasteiger partial charge in [0.15, 0.2) is 0 Å². The van der Waals surface area contributed by atoms with Gasteiger partial charge in [0.2, 0.25) is 5.78 Å². The molecule has 116 valence electrons. The lowest BCUT2D eigenvalue weighted by atomic mass is 9.92. The molecule has 2 rings (SSSR count). The minimum Gasteiger partial charge on any atom is -0.287 e. The van der Waals surface area contributed by atoms with Crippen molar-refractivity contribution < 1.29 is 26.7 Å². The summed E-state index contributed by atoms with van der Waals surface area (Å²) in [6.45, 7) is 1.35. The minimum atomic E-state index is -5.92. The van der Waals surface area contributed by atoms with E-state index in [9.17, 15) is 26.7 Å². The van der Waals surface area contributed by atoms with Crippen LogP contribution >= 0.6 is 0 Å². The molecule has 0 atom stereocenters. The third-order valence-corrected chi connectivity index (χ3v) is 3.30. The maximum Gasteiger partial charge on any atom is 0.461 e. The number of hydrogen-bond acceptors (Lipinski definition) is 1. The van der Waals surface area contributed by atoms with Crippen molar-refractivity contribution >= 4 is 5.78 Å². The van der Waals surface area contributed by atoms with Gasteiger partial charge in [-0.15, -0.1) is 0 Å². The Morgan fingerprint density at radius 1 is 0.864 bits per heavy atom. The topological polar surface area (TPSA) is 17.1 Å². The van der Waals surface area contributed by atoms with Gasteiger partial charge < -0.3 is 0 Å². The second-order valence-corrected chi connectivity index (χ2v) is 4.75. The molecule has 6 heteroatoms. The highest BCUT2D eigenvalue weighted by Crippen LogP contribution is 2.39. The van der Waals surface area contributed by atoms with Crippen LogP contribution in [0.2, 0.25) is 0 Å². The molecule has 0 saturated heterocycles. The molecule has 0 amide bonds. The molecule has 2 aromatic rings. The molecule has 0 aromatic heterocycles. The third-order valence-electron chi connectivity index (χ3n) is 3.30. The summed E-state index contributed by atoms with van der Waals surface area (Å²) >= 11 is 0. The van der Waals surface area contributed by atoms with Crippen molar-refractivity contribution in [2.24, 2.45) is 0 Å². The number of carbonyl (C=O) groups is 1. The zero-order valence-corrected chi connectivity index (χ0v) is 11.4. The Labute approximate surface area is 123 Å². The number of benzene rings is 2. The van der Waals surface area contributed by atoms with Crippen molar-refractivity contribution in [1.82, 2.24) is 0 Å². The Bertz CT molecular complexity index is 689. The molecule has 0 aliphatic carbocycles. The lowest BCUT2D eigenvalue weighted by Crippen LogP contribution is -2.44. The predicted molar refractivity (Wildman–Crippen MR) is 71.9 cm³/mol. The van der Waals surface area contributed by atoms with E-state index < -0.39 is 23.4 Å². The fraction of sp³-hybridized carbons (Fsp3) is 0.188. The summed E-state index contributed by atoms with van der Waals surface area (Å²) in [6.07, 6.45) is -5.92. The molecule has 0 spiro atoms. The lowest BCUT2D eigenvalue weighted by Gasteiger charge is -2.20. The molecule has 0 heterocycles. The van der Waals surface area contributed by atoms with E-state index in [0.717, 1.165) is 6.07 Å². The van der Waals surface area contributed by atoms with E-state index in [1.54, 1.807) is 36.4 Å². The number of ketones is 1. The lowest BCUT2D eigenvalue weighted by molar-refractivity contribution is -0.255. The maximum atomic E-state index is 13.2. The molecule has 0 unspecified atom stereocenters. The standard InChI is InChI=1S/C16H11F5O/c1-10-12(11-6-3-2-4-7-11)8-5-9-13(10)14(22)15(17,18)16(19,20)21/h2-9H,1H3. The Morgan fingerprint density at radius 3 is 2.00 bits per heavy atom. The van der Waals surface area contributed by atoms with Gasteiger partial charge in [-0.05, 0) is 23.6 Å². The molecule has 1 nitrogen and oxygen atoms in total. The van der Waals surface area contributed by atoms with Crippen LogP contribution in [-0.4, -0.2) is 17.9 Å². The van der Waals surface area contributed by atoms with Crippen molar-refractivity contribution in [3.63, 3.8) is 0 Å². The fourth-order valence-corrected chi connectivity index (χ4v) is 2.11. The monoisotopic (exact) mass is 314 g/mol. The molecule has 2 aromatic carbocycles. The zero-order valence-electron chi connectivity index (χ0n) is 11.4. The molecule has 0 radical (unpaired) electrons. The first-order chi connectivity index (χ1) is 10.2. The fourth-order valence-electron chi connectivity index (χ4n) is 2.11. The van der Waals surface area contributed by atoms with Crippen LogP contribution in [-0.2, 0) is 0 Å². The average Bonchev–Trinajstić information content (AvgIpc) is 2.46. The number of hydrogen-bond donors (Lipinski definition) is 0. The van der Waals surface area contributed by atoms with Gasteiger partial charge in [-0.1, -0.05) is 48.5 Å². The van der Waals surface area contributed by atoms with Crippen LogP contribution < -0.4 is 0 Å². The Kier molecular flexibility index (Phi) is 4.04. The highest BCUT2D eigenvalue weighted by Gasteiger charge is 2.63. The van der Waals surface area contributed by atoms with Crippen molar-refractivity contribution in [1.29, 1.82) is 0 Å². The van der Waals surface area contributed by atoms with E-state index in [-0.39, 0.29) is 5.56 Å². The Hall–Kier alpha value is -2.24. The second-order valence-electron chi connectivity index (χ2n) is 4.75. The predicted octanol–water partition coefficient (Wildman–Crippen LogP) is 5.04. The van der Waals surface area contributed by atoms with E-state index in [0.29, 0.717) is 11.1 Å². The third kappa shape index (κ3) is 2.73. The van der Waals surface area contributed by atoms with Crippen molar-refractivity contribution in [2.45, 2.75) is 19.0 Å². The Morgan fingerprint density at radius 2 is 1.45 bits per heavy atom. The first-order valence-electron chi connectivity index (χ1n) is 6.30. The summed E-state index contributed by atoms with van der Waals surface area (Å²) in [5.41, 5.74) is 0.515. The van der Waals surface area contributed by atoms with Crippen LogP contribution in [0.5, 0.6) is 0 Å². The molecule has 0 bridgehead atoms. The van der Waals surface area contributed by atoms with Crippen molar-refractivity contribution in [2.75, 3.05) is 0 Å². The van der Waals surface area contributed by atoms with Gasteiger partial charge in [0, 0.05) is 5.56 Å². The number of Topliss-reactive ketones (excluding diaryl/α,β-unsaturated/α-hetero) is 1. The summed E-state index contributed by atoms with van der Waals surface area (Å²) < 4.78 is 63.6. The van der Waals surface area contributed by atoms with Gasteiger partial charge in [-0.2, -0.15) is 22.0 Å². The van der Waals surface area contributed by atoms with Gasteiger partial charge >= 0.3 is 12.1 Å². The smallest absolute Gasteiger partial charge is 0.287 e. The van der Waals surface area contributed by atoms with Gasteiger partial charge in [0.1, 0.15) is 0 Å². The van der Waals surface area contributed by atoms with Gasteiger partial charge in [0.05, 0.1) is 0 Å². The van der Waals surface area contributed by atoms with Crippen molar-refractivity contribution in [3.05, 3.63) is 59.7 Å². The molecule has 0 N–H and O–H groups in total. The summed E-state index contributed by atoms with van der Waals surface area (Å²) in [6, 6.07) is 12.3. The molecular weight excluding hydrogens is 303 g/mol. The van der Waals surface area contributed by atoms with E-state index >= 15 is 0 Å². The largest absolute Gasteiger partial charge is 0.461 e. The number of rotatable bonds is 3. The number of carbonyl (C=O) groups excluding carboxylic acids is 1. The van der Waals surface area contributed by atoms with E-state index in [4.69, 9.17) is 0 Å². The van der Waals surface area contributed by atoms with E-state index in [1.165, 1.54) is 13.0 Å². The van der Waals surface area contributed by atoms with E-state index in [1.807, 2.05) is 0 Å². The summed E-state index contributed by atoms with van der Waals surface area (Å²) in [5.74, 6) is -7.65. The van der Waals surface area contributed by atoms with Gasteiger partial charge in [0.25, 0.3) is 0 Å². The SMILES string of the molecule is Cc1c(C(=O)C(F)(F)C(F)(F)F)cccc1-c1ccccc1. The van der Waals surface area contributed by atoms with Crippen molar-refractivity contribution in [3.8, 4) is 11.1 Å². The molecule has 0 aliphatic rings. The molecule has 0 aliphatic heterocycles. The Balaban J connectivity index is 2.53. The van der Waals surface area contributed by atoms with E-state index in [2.05, 4.69) is 0 Å². The summed E-state index contributed by atoms with van der Waals surface area (Å²) in [5, 5.41) is 0. The van der Waals surface area contributed by atoms with Gasteiger partial charge in [-0.3, -0.25) is 4.79 Å². The molecule has 22 heavy (non-hydrogen) atoms. The number of alkyl halides is 5. The molecular formula is C16H11F5O. The van der Waals surface area contributed by atoms with Crippen LogP contribution in [0.3, 0.4) is 0 Å². The van der Waals surface area contributed by atoms with Crippen LogP contribution in [0.1, 0.15) is 15.9 Å². The zero-order chi connectivity index (χ0) is 16.5. The van der Waals surface area contributed by atoms with Crippen LogP contribution in [0.15, 0.2) is 48.5 Å². The van der Waals surface area contributed by atoms with Crippen LogP contribution in [0.25, 0.3) is 11.1 Å².